The minimum Gasteiger partial charge on any atom is -0.277 e. The van der Waals surface area contributed by atoms with Crippen LogP contribution in [-0.2, 0) is 9.59 Å². The van der Waals surface area contributed by atoms with Gasteiger partial charge in [-0.2, -0.15) is 0 Å². The van der Waals surface area contributed by atoms with Crippen molar-refractivity contribution >= 4 is 11.8 Å². The summed E-state index contributed by atoms with van der Waals surface area (Å²) in [5.74, 6) is -0.193. The molecule has 3 nitrogen and oxygen atoms in total. The number of carbonyl (C=O) groups is 2. The van der Waals surface area contributed by atoms with E-state index in [0.29, 0.717) is 0 Å². The Labute approximate surface area is 104 Å². The maximum absolute atomic E-state index is 12.4. The van der Waals surface area contributed by atoms with E-state index < -0.39 is 5.54 Å². The fourth-order valence-electron chi connectivity index (χ4n) is 3.49. The lowest BCUT2D eigenvalue weighted by Crippen LogP contribution is -2.61. The first kappa shape index (κ1) is 12.6. The molecule has 2 fully saturated rings. The minimum atomic E-state index is -0.405. The highest BCUT2D eigenvalue weighted by atomic mass is 16.2. The molecule has 0 spiro atoms. The average molecular weight is 237 g/mol. The summed E-state index contributed by atoms with van der Waals surface area (Å²) in [6, 6.07) is 0. The lowest BCUT2D eigenvalue weighted by molar-refractivity contribution is -0.172. The number of likely N-dealkylation sites (tertiary alicyclic amines) is 1. The molecule has 2 rings (SSSR count). The van der Waals surface area contributed by atoms with Crippen molar-refractivity contribution in [3.63, 3.8) is 0 Å². The van der Waals surface area contributed by atoms with Crippen molar-refractivity contribution in [2.45, 2.75) is 54.0 Å². The molecule has 2 amide bonds. The van der Waals surface area contributed by atoms with Crippen LogP contribution in [0.4, 0.5) is 0 Å². The highest BCUT2D eigenvalue weighted by Gasteiger charge is 2.73. The van der Waals surface area contributed by atoms with Gasteiger partial charge in [0.2, 0.25) is 11.8 Å². The molecule has 1 aliphatic heterocycles. The fourth-order valence-corrected chi connectivity index (χ4v) is 3.49. The van der Waals surface area contributed by atoms with E-state index in [1.807, 2.05) is 20.8 Å². The highest BCUT2D eigenvalue weighted by molar-refractivity contribution is 6.08. The molecule has 0 radical (unpaired) electrons. The zero-order chi connectivity index (χ0) is 13.4. The normalized spacial score (nSPS) is 34.6. The quantitative estimate of drug-likeness (QED) is 0.607. The van der Waals surface area contributed by atoms with Gasteiger partial charge in [0.1, 0.15) is 0 Å². The van der Waals surface area contributed by atoms with Crippen LogP contribution in [0.5, 0.6) is 0 Å². The molecule has 2 aliphatic rings. The molecule has 1 saturated carbocycles. The Balaban J connectivity index is 2.46. The number of fused-ring (bicyclic) bond motifs is 1. The third kappa shape index (κ3) is 1.23. The maximum Gasteiger partial charge on any atom is 0.234 e. The summed E-state index contributed by atoms with van der Waals surface area (Å²) in [4.78, 5) is 26.4. The number of carbonyl (C=O) groups excluding carboxylic acids is 2. The van der Waals surface area contributed by atoms with Gasteiger partial charge in [-0.3, -0.25) is 14.5 Å². The molecule has 1 aliphatic carbocycles. The van der Waals surface area contributed by atoms with Gasteiger partial charge < -0.3 is 0 Å². The van der Waals surface area contributed by atoms with Crippen molar-refractivity contribution in [2.75, 3.05) is 0 Å². The van der Waals surface area contributed by atoms with Gasteiger partial charge in [0, 0.05) is 5.54 Å². The molecule has 2 atom stereocenters. The molecule has 0 N–H and O–H groups in total. The van der Waals surface area contributed by atoms with Gasteiger partial charge in [-0.25, -0.2) is 0 Å². The summed E-state index contributed by atoms with van der Waals surface area (Å²) in [6.45, 7) is 14.2. The van der Waals surface area contributed by atoms with E-state index >= 15 is 0 Å². The van der Waals surface area contributed by atoms with Gasteiger partial charge in [-0.05, 0) is 31.6 Å². The Bertz CT molecular complexity index is 369. The van der Waals surface area contributed by atoms with Crippen molar-refractivity contribution in [3.05, 3.63) is 0 Å². The predicted octanol–water partition coefficient (Wildman–Crippen LogP) is 2.45. The molecule has 0 bridgehead atoms. The van der Waals surface area contributed by atoms with Crippen LogP contribution < -0.4 is 0 Å². The smallest absolute Gasteiger partial charge is 0.234 e. The van der Waals surface area contributed by atoms with Crippen LogP contribution in [0.1, 0.15) is 48.5 Å². The van der Waals surface area contributed by atoms with Gasteiger partial charge in [-0.15, -0.1) is 0 Å². The molecule has 0 aromatic heterocycles. The van der Waals surface area contributed by atoms with Gasteiger partial charge in [0.25, 0.3) is 0 Å². The van der Waals surface area contributed by atoms with Crippen LogP contribution in [0.2, 0.25) is 0 Å². The van der Waals surface area contributed by atoms with Gasteiger partial charge in [0.15, 0.2) is 0 Å². The lowest BCUT2D eigenvalue weighted by Gasteiger charge is -2.59. The number of hydrogen-bond acceptors (Lipinski definition) is 2. The number of rotatable bonds is 0. The summed E-state index contributed by atoms with van der Waals surface area (Å²) >= 11 is 0. The zero-order valence-electron chi connectivity index (χ0n) is 11.9. The van der Waals surface area contributed by atoms with E-state index in [9.17, 15) is 9.59 Å². The molecule has 1 heterocycles. The summed E-state index contributed by atoms with van der Waals surface area (Å²) in [5, 5.41) is 0. The largest absolute Gasteiger partial charge is 0.277 e. The fraction of sp³-hybridized carbons (Fsp3) is 0.857. The van der Waals surface area contributed by atoms with E-state index in [0.717, 1.165) is 0 Å². The summed E-state index contributed by atoms with van der Waals surface area (Å²) in [6.07, 6.45) is 0. The number of amides is 2. The van der Waals surface area contributed by atoms with Crippen molar-refractivity contribution in [1.29, 1.82) is 0 Å². The molecule has 3 heteroatoms. The monoisotopic (exact) mass is 237 g/mol. The summed E-state index contributed by atoms with van der Waals surface area (Å²) in [7, 11) is 0. The van der Waals surface area contributed by atoms with Crippen molar-refractivity contribution in [1.82, 2.24) is 4.90 Å². The van der Waals surface area contributed by atoms with E-state index in [2.05, 4.69) is 27.7 Å². The van der Waals surface area contributed by atoms with Crippen molar-refractivity contribution in [3.8, 4) is 0 Å². The minimum absolute atomic E-state index is 0.0248. The van der Waals surface area contributed by atoms with Crippen molar-refractivity contribution < 1.29 is 9.59 Å². The molecular formula is C14H23NO2. The molecule has 1 saturated heterocycles. The van der Waals surface area contributed by atoms with E-state index in [-0.39, 0.29) is 34.5 Å². The van der Waals surface area contributed by atoms with Gasteiger partial charge in [0.05, 0.1) is 11.8 Å². The molecule has 0 aromatic carbocycles. The maximum atomic E-state index is 12.4. The zero-order valence-corrected chi connectivity index (χ0v) is 11.9. The van der Waals surface area contributed by atoms with Gasteiger partial charge >= 0.3 is 0 Å². The second kappa shape index (κ2) is 2.93. The molecule has 2 unspecified atom stereocenters. The topological polar surface area (TPSA) is 37.4 Å². The molecule has 96 valence electrons. The second-order valence-corrected chi connectivity index (χ2v) is 7.58. The Morgan fingerprint density at radius 2 is 1.18 bits per heavy atom. The second-order valence-electron chi connectivity index (χ2n) is 7.58. The third-order valence-electron chi connectivity index (χ3n) is 5.19. The first-order valence-electron chi connectivity index (χ1n) is 6.32. The highest BCUT2D eigenvalue weighted by Crippen LogP contribution is 2.67. The van der Waals surface area contributed by atoms with Crippen LogP contribution in [0.25, 0.3) is 0 Å². The molecule has 0 aromatic rings. The van der Waals surface area contributed by atoms with Crippen LogP contribution in [-0.4, -0.2) is 22.3 Å². The van der Waals surface area contributed by atoms with E-state index in [1.54, 1.807) is 0 Å². The predicted molar refractivity (Wildman–Crippen MR) is 66.1 cm³/mol. The number of imide groups is 1. The SMILES string of the molecule is CC(C)(C)N1C(=O)C2C(C1=O)C(C)(C)C2(C)C. The van der Waals surface area contributed by atoms with Crippen LogP contribution in [0.3, 0.4) is 0 Å². The Hall–Kier alpha value is -0.860. The number of hydrogen-bond donors (Lipinski definition) is 0. The average Bonchev–Trinajstić information content (AvgIpc) is 2.35. The van der Waals surface area contributed by atoms with E-state index in [1.165, 1.54) is 4.90 Å². The van der Waals surface area contributed by atoms with Crippen LogP contribution in [0.15, 0.2) is 0 Å². The van der Waals surface area contributed by atoms with Crippen LogP contribution >= 0.6 is 0 Å². The van der Waals surface area contributed by atoms with Crippen LogP contribution in [0, 0.1) is 22.7 Å². The van der Waals surface area contributed by atoms with Crippen molar-refractivity contribution in [2.24, 2.45) is 22.7 Å². The first-order valence-corrected chi connectivity index (χ1v) is 6.32. The number of nitrogens with zero attached hydrogens (tertiary/aromatic N) is 1. The first-order chi connectivity index (χ1) is 7.44. The standard InChI is InChI=1S/C14H23NO2/c1-12(2,3)15-10(16)8-9(11(15)17)14(6,7)13(8,4)5/h8-9H,1-7H3. The third-order valence-corrected chi connectivity index (χ3v) is 5.19. The lowest BCUT2D eigenvalue weighted by atomic mass is 9.41. The Kier molecular flexibility index (Phi) is 2.17. The molecular weight excluding hydrogens is 214 g/mol. The van der Waals surface area contributed by atoms with Gasteiger partial charge in [-0.1, -0.05) is 27.7 Å². The Morgan fingerprint density at radius 1 is 0.882 bits per heavy atom. The summed E-state index contributed by atoms with van der Waals surface area (Å²) < 4.78 is 0. The Morgan fingerprint density at radius 3 is 1.41 bits per heavy atom. The molecule has 17 heavy (non-hydrogen) atoms. The summed E-state index contributed by atoms with van der Waals surface area (Å²) in [5.41, 5.74) is -0.591. The van der Waals surface area contributed by atoms with E-state index in [4.69, 9.17) is 0 Å².